The van der Waals surface area contributed by atoms with Gasteiger partial charge in [-0.2, -0.15) is 0 Å². The maximum atomic E-state index is 4.20. The molecule has 0 saturated heterocycles. The zero-order valence-electron chi connectivity index (χ0n) is 9.34. The molecule has 5 heteroatoms. The van der Waals surface area contributed by atoms with Crippen LogP contribution in [0.2, 0.25) is 0 Å². The first-order valence-corrected chi connectivity index (χ1v) is 6.10. The van der Waals surface area contributed by atoms with Crippen LogP contribution in [0.1, 0.15) is 24.9 Å². The summed E-state index contributed by atoms with van der Waals surface area (Å²) in [6, 6.07) is 4.16. The van der Waals surface area contributed by atoms with Gasteiger partial charge in [0.15, 0.2) is 0 Å². The number of nitrogens with zero attached hydrogens (tertiary/aromatic N) is 3. The van der Waals surface area contributed by atoms with Gasteiger partial charge in [0.05, 0.1) is 6.04 Å². The molecule has 0 aromatic carbocycles. The van der Waals surface area contributed by atoms with Crippen molar-refractivity contribution in [2.24, 2.45) is 0 Å². The van der Waals surface area contributed by atoms with Gasteiger partial charge in [0.25, 0.3) is 0 Å². The van der Waals surface area contributed by atoms with Crippen LogP contribution in [0.15, 0.2) is 24.5 Å². The molecular weight excluding hydrogens is 220 g/mol. The van der Waals surface area contributed by atoms with Gasteiger partial charge >= 0.3 is 0 Å². The lowest BCUT2D eigenvalue weighted by atomic mass is 10.3. The summed E-state index contributed by atoms with van der Waals surface area (Å²) in [5.41, 5.74) is 1.07. The first-order chi connectivity index (χ1) is 7.81. The van der Waals surface area contributed by atoms with Crippen molar-refractivity contribution in [3.05, 3.63) is 29.5 Å². The van der Waals surface area contributed by atoms with Gasteiger partial charge < -0.3 is 5.32 Å². The Kier molecular flexibility index (Phi) is 3.58. The second-order valence-corrected chi connectivity index (χ2v) is 4.47. The van der Waals surface area contributed by atoms with Gasteiger partial charge in [0.2, 0.25) is 0 Å². The van der Waals surface area contributed by atoms with E-state index >= 15 is 0 Å². The Labute approximate surface area is 98.8 Å². The molecule has 2 rings (SSSR count). The van der Waals surface area contributed by atoms with Crippen molar-refractivity contribution in [3.63, 3.8) is 0 Å². The van der Waals surface area contributed by atoms with Crippen LogP contribution in [-0.2, 0) is 0 Å². The van der Waals surface area contributed by atoms with Gasteiger partial charge in [-0.3, -0.25) is 4.98 Å². The van der Waals surface area contributed by atoms with Gasteiger partial charge in [-0.15, -0.1) is 10.2 Å². The summed E-state index contributed by atoms with van der Waals surface area (Å²) < 4.78 is 0. The Morgan fingerprint density at radius 1 is 1.31 bits per heavy atom. The average molecular weight is 234 g/mol. The Hall–Kier alpha value is -1.33. The van der Waals surface area contributed by atoms with E-state index in [1.807, 2.05) is 12.1 Å². The quantitative estimate of drug-likeness (QED) is 0.881. The summed E-state index contributed by atoms with van der Waals surface area (Å²) in [6.45, 7) is 5.12. The molecule has 2 aromatic heterocycles. The molecule has 4 nitrogen and oxygen atoms in total. The summed E-state index contributed by atoms with van der Waals surface area (Å²) in [7, 11) is 0. The van der Waals surface area contributed by atoms with Crippen molar-refractivity contribution in [2.45, 2.75) is 19.9 Å². The van der Waals surface area contributed by atoms with Gasteiger partial charge in [0, 0.05) is 18.0 Å². The predicted molar refractivity (Wildman–Crippen MR) is 65.2 cm³/mol. The third-order valence-electron chi connectivity index (χ3n) is 2.25. The molecule has 84 valence electrons. The van der Waals surface area contributed by atoms with Crippen LogP contribution in [0.4, 0.5) is 0 Å². The molecule has 0 bridgehead atoms. The molecule has 2 aromatic rings. The number of aromatic nitrogens is 3. The van der Waals surface area contributed by atoms with Crippen LogP contribution in [-0.4, -0.2) is 21.7 Å². The maximum absolute atomic E-state index is 4.20. The third kappa shape index (κ3) is 2.43. The molecule has 1 atom stereocenters. The largest absolute Gasteiger partial charge is 0.308 e. The molecular formula is C11H14N4S. The lowest BCUT2D eigenvalue weighted by Crippen LogP contribution is -2.17. The molecule has 1 unspecified atom stereocenters. The zero-order valence-corrected chi connectivity index (χ0v) is 10.2. The highest BCUT2D eigenvalue weighted by atomic mass is 32.1. The maximum Gasteiger partial charge on any atom is 0.147 e. The molecule has 0 aliphatic carbocycles. The van der Waals surface area contributed by atoms with E-state index < -0.39 is 0 Å². The molecule has 0 spiro atoms. The highest BCUT2D eigenvalue weighted by molar-refractivity contribution is 7.14. The highest BCUT2D eigenvalue weighted by Crippen LogP contribution is 2.25. The van der Waals surface area contributed by atoms with Crippen LogP contribution >= 0.6 is 11.3 Å². The van der Waals surface area contributed by atoms with E-state index in [0.717, 1.165) is 22.1 Å². The van der Waals surface area contributed by atoms with E-state index in [0.29, 0.717) is 0 Å². The normalized spacial score (nSPS) is 12.6. The smallest absolute Gasteiger partial charge is 0.147 e. The predicted octanol–water partition coefficient (Wildman–Crippen LogP) is 2.27. The van der Waals surface area contributed by atoms with E-state index in [9.17, 15) is 0 Å². The lowest BCUT2D eigenvalue weighted by molar-refractivity contribution is 0.590. The van der Waals surface area contributed by atoms with E-state index in [2.05, 4.69) is 34.3 Å². The number of hydrogen-bond donors (Lipinski definition) is 1. The molecule has 0 radical (unpaired) electrons. The molecule has 0 aliphatic heterocycles. The summed E-state index contributed by atoms with van der Waals surface area (Å²) >= 11 is 1.62. The molecule has 0 amide bonds. The van der Waals surface area contributed by atoms with Crippen molar-refractivity contribution in [2.75, 3.05) is 6.54 Å². The Morgan fingerprint density at radius 2 is 2.06 bits per heavy atom. The number of hydrogen-bond acceptors (Lipinski definition) is 5. The fourth-order valence-corrected chi connectivity index (χ4v) is 2.29. The number of nitrogens with one attached hydrogen (secondary N) is 1. The van der Waals surface area contributed by atoms with Crippen molar-refractivity contribution in [1.29, 1.82) is 0 Å². The second-order valence-electron chi connectivity index (χ2n) is 3.46. The minimum Gasteiger partial charge on any atom is -0.308 e. The minimum atomic E-state index is 0.262. The van der Waals surface area contributed by atoms with E-state index in [1.54, 1.807) is 23.7 Å². The van der Waals surface area contributed by atoms with Gasteiger partial charge in [0.1, 0.15) is 10.0 Å². The van der Waals surface area contributed by atoms with Crippen molar-refractivity contribution < 1.29 is 0 Å². The molecule has 0 aliphatic rings. The highest BCUT2D eigenvalue weighted by Gasteiger charge is 2.11. The van der Waals surface area contributed by atoms with Crippen LogP contribution in [0.5, 0.6) is 0 Å². The van der Waals surface area contributed by atoms with Crippen molar-refractivity contribution >= 4 is 11.3 Å². The van der Waals surface area contributed by atoms with Gasteiger partial charge in [-0.25, -0.2) is 0 Å². The first-order valence-electron chi connectivity index (χ1n) is 5.28. The minimum absolute atomic E-state index is 0.262. The van der Waals surface area contributed by atoms with Crippen LogP contribution in [0, 0.1) is 0 Å². The standard InChI is InChI=1S/C11H14N4S/c1-3-13-8(2)10-14-15-11(16-10)9-4-6-12-7-5-9/h4-8,13H,3H2,1-2H3. The molecule has 16 heavy (non-hydrogen) atoms. The van der Waals surface area contributed by atoms with Crippen LogP contribution < -0.4 is 5.32 Å². The molecule has 0 saturated carbocycles. The van der Waals surface area contributed by atoms with Crippen LogP contribution in [0.3, 0.4) is 0 Å². The Balaban J connectivity index is 2.20. The summed E-state index contributed by atoms with van der Waals surface area (Å²) in [5.74, 6) is 0. The monoisotopic (exact) mass is 234 g/mol. The zero-order chi connectivity index (χ0) is 11.4. The Morgan fingerprint density at radius 3 is 2.75 bits per heavy atom. The van der Waals surface area contributed by atoms with E-state index in [4.69, 9.17) is 0 Å². The molecule has 2 heterocycles. The summed E-state index contributed by atoms with van der Waals surface area (Å²) in [6.07, 6.45) is 3.54. The SMILES string of the molecule is CCNC(C)c1nnc(-c2ccncc2)s1. The fraction of sp³-hybridized carbons (Fsp3) is 0.364. The summed E-state index contributed by atoms with van der Waals surface area (Å²) in [4.78, 5) is 3.99. The topological polar surface area (TPSA) is 50.7 Å². The Bertz CT molecular complexity index is 440. The van der Waals surface area contributed by atoms with E-state index in [-0.39, 0.29) is 6.04 Å². The van der Waals surface area contributed by atoms with Gasteiger partial charge in [-0.05, 0) is 25.6 Å². The first kappa shape index (κ1) is 11.2. The number of pyridine rings is 1. The fourth-order valence-electron chi connectivity index (χ4n) is 1.41. The van der Waals surface area contributed by atoms with E-state index in [1.165, 1.54) is 0 Å². The van der Waals surface area contributed by atoms with Gasteiger partial charge in [-0.1, -0.05) is 18.3 Å². The molecule has 1 N–H and O–H groups in total. The summed E-state index contributed by atoms with van der Waals surface area (Å²) in [5, 5.41) is 13.7. The lowest BCUT2D eigenvalue weighted by Gasteiger charge is -2.06. The van der Waals surface area contributed by atoms with Crippen LogP contribution in [0.25, 0.3) is 10.6 Å². The van der Waals surface area contributed by atoms with Crippen molar-refractivity contribution in [1.82, 2.24) is 20.5 Å². The average Bonchev–Trinajstić information content (AvgIpc) is 2.80. The van der Waals surface area contributed by atoms with Crippen molar-refractivity contribution in [3.8, 4) is 10.6 Å². The third-order valence-corrected chi connectivity index (χ3v) is 3.40. The second kappa shape index (κ2) is 5.14. The number of rotatable bonds is 4. The molecule has 0 fully saturated rings.